The zero-order valence-electron chi connectivity index (χ0n) is 20.8. The van der Waals surface area contributed by atoms with Gasteiger partial charge >= 0.3 is 0 Å². The maximum Gasteiger partial charge on any atom is 0.251 e. The van der Waals surface area contributed by atoms with Gasteiger partial charge in [0.2, 0.25) is 0 Å². The number of hydrogen-bond acceptors (Lipinski definition) is 5. The minimum Gasteiger partial charge on any atom is -0.362 e. The van der Waals surface area contributed by atoms with E-state index in [2.05, 4.69) is 27.0 Å². The molecule has 35 heavy (non-hydrogen) atoms. The van der Waals surface area contributed by atoms with Gasteiger partial charge in [-0.2, -0.15) is 0 Å². The van der Waals surface area contributed by atoms with Crippen molar-refractivity contribution in [2.24, 2.45) is 0 Å². The number of carbonyl (C=O) groups is 2. The molecule has 7 heteroatoms. The van der Waals surface area contributed by atoms with E-state index in [0.717, 1.165) is 53.0 Å². The summed E-state index contributed by atoms with van der Waals surface area (Å²) in [4.78, 5) is 32.7. The molecule has 1 aromatic heterocycles. The van der Waals surface area contributed by atoms with Gasteiger partial charge in [-0.05, 0) is 81.3 Å². The van der Waals surface area contributed by atoms with Gasteiger partial charge in [0.25, 0.3) is 11.8 Å². The van der Waals surface area contributed by atoms with Gasteiger partial charge in [0.05, 0.1) is 6.04 Å². The molecule has 2 amide bonds. The highest BCUT2D eigenvalue weighted by molar-refractivity contribution is 6.02. The van der Waals surface area contributed by atoms with E-state index in [0.29, 0.717) is 23.7 Å². The number of nitrogens with one attached hydrogen (secondary N) is 3. The van der Waals surface area contributed by atoms with E-state index >= 15 is 0 Å². The van der Waals surface area contributed by atoms with Gasteiger partial charge in [-0.1, -0.05) is 18.2 Å². The number of aryl methyl sites for hydroxylation is 1. The molecule has 2 aromatic rings. The van der Waals surface area contributed by atoms with Crippen molar-refractivity contribution in [2.45, 2.75) is 44.7 Å². The van der Waals surface area contributed by atoms with Crippen LogP contribution in [0.2, 0.25) is 0 Å². The third kappa shape index (κ3) is 4.73. The van der Waals surface area contributed by atoms with Crippen LogP contribution in [0.15, 0.2) is 53.8 Å². The molecule has 1 aromatic carbocycles. The largest absolute Gasteiger partial charge is 0.362 e. The lowest BCUT2D eigenvalue weighted by molar-refractivity contribution is -0.117. The maximum atomic E-state index is 13.2. The van der Waals surface area contributed by atoms with E-state index in [1.807, 2.05) is 69.4 Å². The maximum absolute atomic E-state index is 13.2. The molecule has 2 heterocycles. The Balaban J connectivity index is 1.54. The molecule has 2 atom stereocenters. The molecule has 3 aliphatic rings. The summed E-state index contributed by atoms with van der Waals surface area (Å²) in [5.74, 6) is 0.744. The smallest absolute Gasteiger partial charge is 0.251 e. The van der Waals surface area contributed by atoms with Crippen LogP contribution in [0.25, 0.3) is 5.57 Å². The summed E-state index contributed by atoms with van der Waals surface area (Å²) in [6, 6.07) is 10.2. The molecule has 1 aliphatic heterocycles. The van der Waals surface area contributed by atoms with Crippen molar-refractivity contribution in [1.82, 2.24) is 20.5 Å². The number of hydrogen-bond donors (Lipinski definition) is 3. The summed E-state index contributed by atoms with van der Waals surface area (Å²) in [6.07, 6.45) is 5.97. The molecular weight excluding hydrogens is 438 g/mol. The van der Waals surface area contributed by atoms with E-state index in [1.165, 1.54) is 0 Å². The molecule has 0 bridgehead atoms. The van der Waals surface area contributed by atoms with Crippen LogP contribution in [0.4, 0.5) is 5.82 Å². The highest BCUT2D eigenvalue weighted by Crippen LogP contribution is 2.49. The zero-order chi connectivity index (χ0) is 24.7. The van der Waals surface area contributed by atoms with Crippen LogP contribution in [-0.2, 0) is 4.79 Å². The second kappa shape index (κ2) is 9.30. The number of anilines is 1. The molecule has 3 N–H and O–H groups in total. The molecule has 0 spiro atoms. The Morgan fingerprint density at radius 2 is 1.94 bits per heavy atom. The van der Waals surface area contributed by atoms with Crippen molar-refractivity contribution in [1.29, 1.82) is 0 Å². The molecule has 182 valence electrons. The van der Waals surface area contributed by atoms with Gasteiger partial charge in [0.1, 0.15) is 5.82 Å². The molecular formula is C28H33N5O2. The third-order valence-electron chi connectivity index (χ3n) is 7.00. The van der Waals surface area contributed by atoms with Crippen LogP contribution in [0.3, 0.4) is 0 Å². The molecule has 7 nitrogen and oxygen atoms in total. The highest BCUT2D eigenvalue weighted by Gasteiger charge is 2.41. The van der Waals surface area contributed by atoms with E-state index in [9.17, 15) is 9.59 Å². The highest BCUT2D eigenvalue weighted by atomic mass is 16.2. The Bertz CT molecular complexity index is 1240. The molecule has 1 fully saturated rings. The van der Waals surface area contributed by atoms with Crippen molar-refractivity contribution >= 4 is 23.2 Å². The van der Waals surface area contributed by atoms with Gasteiger partial charge in [0, 0.05) is 47.9 Å². The first kappa shape index (κ1) is 23.3. The summed E-state index contributed by atoms with van der Waals surface area (Å²) < 4.78 is 0. The number of nitrogens with zero attached hydrogens (tertiary/aromatic N) is 2. The Morgan fingerprint density at radius 1 is 1.14 bits per heavy atom. The Kier molecular flexibility index (Phi) is 6.19. The van der Waals surface area contributed by atoms with Crippen molar-refractivity contribution in [3.05, 3.63) is 76.0 Å². The molecule has 5 rings (SSSR count). The third-order valence-corrected chi connectivity index (χ3v) is 7.00. The fourth-order valence-corrected chi connectivity index (χ4v) is 4.92. The summed E-state index contributed by atoms with van der Waals surface area (Å²) in [7, 11) is 3.97. The summed E-state index contributed by atoms with van der Waals surface area (Å²) in [5, 5.41) is 9.71. The van der Waals surface area contributed by atoms with Crippen molar-refractivity contribution in [3.63, 3.8) is 0 Å². The quantitative estimate of drug-likeness (QED) is 0.577. The fraction of sp³-hybridized carbons (Fsp3) is 0.393. The van der Waals surface area contributed by atoms with Crippen LogP contribution >= 0.6 is 0 Å². The van der Waals surface area contributed by atoms with E-state index in [-0.39, 0.29) is 23.8 Å². The fourth-order valence-electron chi connectivity index (χ4n) is 4.92. The molecule has 2 unspecified atom stereocenters. The lowest BCUT2D eigenvalue weighted by Crippen LogP contribution is -2.35. The van der Waals surface area contributed by atoms with Gasteiger partial charge in [-0.3, -0.25) is 9.59 Å². The number of aromatic nitrogens is 1. The van der Waals surface area contributed by atoms with Crippen LogP contribution in [-0.4, -0.2) is 61.0 Å². The molecule has 0 saturated heterocycles. The summed E-state index contributed by atoms with van der Waals surface area (Å²) in [6.45, 7) is 5.41. The van der Waals surface area contributed by atoms with Crippen LogP contribution in [0.1, 0.15) is 52.7 Å². The Morgan fingerprint density at radius 3 is 2.69 bits per heavy atom. The van der Waals surface area contributed by atoms with Crippen molar-refractivity contribution in [3.8, 4) is 0 Å². The Hall–Kier alpha value is -3.45. The van der Waals surface area contributed by atoms with Gasteiger partial charge in [0.15, 0.2) is 0 Å². The predicted molar refractivity (Wildman–Crippen MR) is 138 cm³/mol. The van der Waals surface area contributed by atoms with Crippen molar-refractivity contribution < 1.29 is 9.59 Å². The number of benzene rings is 1. The van der Waals surface area contributed by atoms with Gasteiger partial charge in [-0.15, -0.1) is 0 Å². The van der Waals surface area contributed by atoms with E-state index in [1.54, 1.807) is 0 Å². The minimum absolute atomic E-state index is 0.0115. The average molecular weight is 472 g/mol. The second-order valence-electron chi connectivity index (χ2n) is 10.1. The van der Waals surface area contributed by atoms with Crippen LogP contribution in [0.5, 0.6) is 0 Å². The molecule has 1 saturated carbocycles. The second-order valence-corrected chi connectivity index (χ2v) is 10.1. The number of fused-ring (bicyclic) bond motifs is 3. The SMILES string of the molecule is CC1=C(C(=O)NCCN(C)C)C=C(c2cccc(C(=O)NC3CC3)c2)C2c3cc(C)cnc3NC12. The Labute approximate surface area is 206 Å². The number of carbonyl (C=O) groups excluding carboxylic acids is 2. The minimum atomic E-state index is -0.0789. The molecule has 2 aliphatic carbocycles. The first-order chi connectivity index (χ1) is 16.8. The monoisotopic (exact) mass is 471 g/mol. The average Bonchev–Trinajstić information content (AvgIpc) is 3.57. The van der Waals surface area contributed by atoms with Crippen molar-refractivity contribution in [2.75, 3.05) is 32.5 Å². The predicted octanol–water partition coefficient (Wildman–Crippen LogP) is 3.25. The standard InChI is InChI=1S/C28H33N5O2/c1-16-12-23-24-22(18-6-5-7-19(13-18)27(34)31-20-8-9-20)14-21(28(35)29-10-11-33(3)4)17(2)25(24)32-26(23)30-15-16/h5-7,12-15,20,24-25H,8-11H2,1-4H3,(H,29,35)(H,30,32)(H,31,34). The number of likely N-dealkylation sites (N-methyl/N-ethyl adjacent to an activating group) is 1. The lowest BCUT2D eigenvalue weighted by Gasteiger charge is -2.30. The normalized spacial score (nSPS) is 20.7. The first-order valence-electron chi connectivity index (χ1n) is 12.3. The number of amides is 2. The lowest BCUT2D eigenvalue weighted by atomic mass is 9.75. The number of pyridine rings is 1. The topological polar surface area (TPSA) is 86.4 Å². The van der Waals surface area contributed by atoms with E-state index in [4.69, 9.17) is 0 Å². The summed E-state index contributed by atoms with van der Waals surface area (Å²) in [5.41, 5.74) is 6.51. The van der Waals surface area contributed by atoms with Crippen LogP contribution in [0, 0.1) is 6.92 Å². The summed E-state index contributed by atoms with van der Waals surface area (Å²) >= 11 is 0. The van der Waals surface area contributed by atoms with E-state index < -0.39 is 0 Å². The van der Waals surface area contributed by atoms with Gasteiger partial charge < -0.3 is 20.9 Å². The number of rotatable bonds is 7. The first-order valence-corrected chi connectivity index (χ1v) is 12.3. The zero-order valence-corrected chi connectivity index (χ0v) is 20.8. The van der Waals surface area contributed by atoms with Gasteiger partial charge in [-0.25, -0.2) is 4.98 Å². The van der Waals surface area contributed by atoms with Crippen LogP contribution < -0.4 is 16.0 Å². The molecule has 0 radical (unpaired) electrons.